The van der Waals surface area contributed by atoms with E-state index in [1.807, 2.05) is 38.1 Å². The van der Waals surface area contributed by atoms with Gasteiger partial charge in [-0.05, 0) is 49.2 Å². The fourth-order valence-electron chi connectivity index (χ4n) is 2.34. The molecule has 0 radical (unpaired) electrons. The fraction of sp³-hybridized carbons (Fsp3) is 0.263. The molecule has 25 heavy (non-hydrogen) atoms. The molecule has 2 rings (SSSR count). The monoisotopic (exact) mass is 360 g/mol. The maximum atomic E-state index is 12.2. The minimum atomic E-state index is -0.441. The summed E-state index contributed by atoms with van der Waals surface area (Å²) in [5.41, 5.74) is 2.85. The van der Waals surface area contributed by atoms with Crippen LogP contribution in [0.1, 0.15) is 34.5 Å². The Labute approximate surface area is 152 Å². The van der Waals surface area contributed by atoms with Crippen LogP contribution in [0.3, 0.4) is 0 Å². The number of nitrogens with one attached hydrogen (secondary N) is 2. The zero-order chi connectivity index (χ0) is 18.4. The minimum Gasteiger partial charge on any atom is -0.465 e. The summed E-state index contributed by atoms with van der Waals surface area (Å²) in [6.07, 6.45) is 0. The van der Waals surface area contributed by atoms with Crippen LogP contribution in [-0.2, 0) is 9.53 Å². The van der Waals surface area contributed by atoms with Gasteiger partial charge in [-0.2, -0.15) is 0 Å². The van der Waals surface area contributed by atoms with E-state index in [1.165, 1.54) is 7.11 Å². The first-order valence-electron chi connectivity index (χ1n) is 7.88. The second kappa shape index (κ2) is 8.65. The Kier molecular flexibility index (Phi) is 6.56. The number of benzene rings is 2. The lowest BCUT2D eigenvalue weighted by atomic mass is 10.1. The summed E-state index contributed by atoms with van der Waals surface area (Å²) in [5.74, 6) is -0.637. The van der Waals surface area contributed by atoms with Crippen LogP contribution in [0.5, 0.6) is 0 Å². The van der Waals surface area contributed by atoms with Crippen LogP contribution in [0, 0.1) is 6.92 Å². The van der Waals surface area contributed by atoms with Gasteiger partial charge in [-0.3, -0.25) is 4.79 Å². The van der Waals surface area contributed by atoms with Crippen molar-refractivity contribution in [3.63, 3.8) is 0 Å². The molecule has 0 aliphatic heterocycles. The molecule has 2 N–H and O–H groups in total. The van der Waals surface area contributed by atoms with Crippen molar-refractivity contribution in [2.45, 2.75) is 19.9 Å². The Balaban J connectivity index is 1.97. The van der Waals surface area contributed by atoms with Crippen LogP contribution in [-0.4, -0.2) is 25.5 Å². The second-order valence-electron chi connectivity index (χ2n) is 5.73. The van der Waals surface area contributed by atoms with Gasteiger partial charge in [0.05, 0.1) is 19.2 Å². The molecule has 2 aromatic carbocycles. The molecule has 0 bridgehead atoms. The van der Waals surface area contributed by atoms with E-state index >= 15 is 0 Å². The topological polar surface area (TPSA) is 67.4 Å². The summed E-state index contributed by atoms with van der Waals surface area (Å²) >= 11 is 5.98. The molecule has 5 nitrogen and oxygen atoms in total. The lowest BCUT2D eigenvalue weighted by molar-refractivity contribution is -0.115. The van der Waals surface area contributed by atoms with Crippen LogP contribution < -0.4 is 10.6 Å². The third-order valence-electron chi connectivity index (χ3n) is 3.85. The maximum absolute atomic E-state index is 12.2. The molecule has 0 saturated heterocycles. The SMILES string of the molecule is COC(=O)c1ccc(C)c(NC(=O)CN[C@H](C)c2cccc(Cl)c2)c1. The van der Waals surface area contributed by atoms with Gasteiger partial charge in [-0.1, -0.05) is 29.8 Å². The summed E-state index contributed by atoms with van der Waals surface area (Å²) in [4.78, 5) is 23.8. The Morgan fingerprint density at radius 1 is 1.20 bits per heavy atom. The molecule has 132 valence electrons. The Bertz CT molecular complexity index is 777. The fourth-order valence-corrected chi connectivity index (χ4v) is 2.53. The average Bonchev–Trinajstić information content (AvgIpc) is 2.60. The van der Waals surface area contributed by atoms with Crippen molar-refractivity contribution in [2.75, 3.05) is 19.0 Å². The van der Waals surface area contributed by atoms with Gasteiger partial charge in [-0.25, -0.2) is 4.79 Å². The van der Waals surface area contributed by atoms with E-state index < -0.39 is 5.97 Å². The largest absolute Gasteiger partial charge is 0.465 e. The van der Waals surface area contributed by atoms with Crippen molar-refractivity contribution < 1.29 is 14.3 Å². The highest BCUT2D eigenvalue weighted by Crippen LogP contribution is 2.19. The predicted molar refractivity (Wildman–Crippen MR) is 99.0 cm³/mol. The van der Waals surface area contributed by atoms with Crippen LogP contribution in [0.4, 0.5) is 5.69 Å². The Morgan fingerprint density at radius 2 is 1.96 bits per heavy atom. The summed E-state index contributed by atoms with van der Waals surface area (Å²) in [5, 5.41) is 6.62. The molecular weight excluding hydrogens is 340 g/mol. The molecule has 0 aliphatic carbocycles. The van der Waals surface area contributed by atoms with Gasteiger partial charge in [0.2, 0.25) is 5.91 Å². The van der Waals surface area contributed by atoms with E-state index in [9.17, 15) is 9.59 Å². The third-order valence-corrected chi connectivity index (χ3v) is 4.09. The molecule has 0 aromatic heterocycles. The summed E-state index contributed by atoms with van der Waals surface area (Å²) in [7, 11) is 1.32. The van der Waals surface area contributed by atoms with Crippen LogP contribution in [0.2, 0.25) is 5.02 Å². The first-order chi connectivity index (χ1) is 11.9. The molecule has 0 fully saturated rings. The van der Waals surface area contributed by atoms with Crippen molar-refractivity contribution in [3.8, 4) is 0 Å². The van der Waals surface area contributed by atoms with Gasteiger partial charge in [0.1, 0.15) is 0 Å². The van der Waals surface area contributed by atoms with Crippen LogP contribution in [0.25, 0.3) is 0 Å². The highest BCUT2D eigenvalue weighted by atomic mass is 35.5. The average molecular weight is 361 g/mol. The number of ether oxygens (including phenoxy) is 1. The number of amides is 1. The van der Waals surface area contributed by atoms with Gasteiger partial charge in [-0.15, -0.1) is 0 Å². The third kappa shape index (κ3) is 5.31. The Hall–Kier alpha value is -2.37. The quantitative estimate of drug-likeness (QED) is 0.770. The highest BCUT2D eigenvalue weighted by Gasteiger charge is 2.12. The summed E-state index contributed by atoms with van der Waals surface area (Å²) < 4.78 is 4.70. The van der Waals surface area contributed by atoms with Crippen molar-refractivity contribution in [1.82, 2.24) is 5.32 Å². The smallest absolute Gasteiger partial charge is 0.337 e. The van der Waals surface area contributed by atoms with E-state index in [-0.39, 0.29) is 18.5 Å². The van der Waals surface area contributed by atoms with E-state index in [4.69, 9.17) is 16.3 Å². The lowest BCUT2D eigenvalue weighted by Gasteiger charge is -2.15. The molecule has 0 saturated carbocycles. The number of rotatable bonds is 6. The number of hydrogen-bond donors (Lipinski definition) is 2. The van der Waals surface area contributed by atoms with E-state index in [0.29, 0.717) is 16.3 Å². The first-order valence-corrected chi connectivity index (χ1v) is 8.26. The number of hydrogen-bond acceptors (Lipinski definition) is 4. The number of halogens is 1. The standard InChI is InChI=1S/C19H21ClN2O3/c1-12-7-8-15(19(24)25-3)10-17(12)22-18(23)11-21-13(2)14-5-4-6-16(20)9-14/h4-10,13,21H,11H2,1-3H3,(H,22,23)/t13-/m1/s1. The zero-order valence-corrected chi connectivity index (χ0v) is 15.2. The lowest BCUT2D eigenvalue weighted by Crippen LogP contribution is -2.30. The van der Waals surface area contributed by atoms with Gasteiger partial charge < -0.3 is 15.4 Å². The molecule has 1 amide bonds. The number of carbonyl (C=O) groups is 2. The molecule has 1 atom stereocenters. The summed E-state index contributed by atoms with van der Waals surface area (Å²) in [6, 6.07) is 12.5. The van der Waals surface area contributed by atoms with E-state index in [2.05, 4.69) is 10.6 Å². The second-order valence-corrected chi connectivity index (χ2v) is 6.16. The van der Waals surface area contributed by atoms with Crippen molar-refractivity contribution in [3.05, 3.63) is 64.2 Å². The molecule has 6 heteroatoms. The molecule has 0 heterocycles. The van der Waals surface area contributed by atoms with Gasteiger partial charge >= 0.3 is 5.97 Å². The van der Waals surface area contributed by atoms with Gasteiger partial charge in [0.25, 0.3) is 0 Å². The van der Waals surface area contributed by atoms with Crippen molar-refractivity contribution in [2.24, 2.45) is 0 Å². The number of methoxy groups -OCH3 is 1. The summed E-state index contributed by atoms with van der Waals surface area (Å²) in [6.45, 7) is 3.95. The highest BCUT2D eigenvalue weighted by molar-refractivity contribution is 6.30. The molecule has 0 unspecified atom stereocenters. The molecule has 2 aromatic rings. The number of aryl methyl sites for hydroxylation is 1. The van der Waals surface area contributed by atoms with Crippen molar-refractivity contribution in [1.29, 1.82) is 0 Å². The zero-order valence-electron chi connectivity index (χ0n) is 14.4. The predicted octanol–water partition coefficient (Wildman–Crippen LogP) is 3.72. The van der Waals surface area contributed by atoms with Crippen LogP contribution >= 0.6 is 11.6 Å². The Morgan fingerprint density at radius 3 is 2.64 bits per heavy atom. The maximum Gasteiger partial charge on any atom is 0.337 e. The first kappa shape index (κ1) is 19.0. The molecular formula is C19H21ClN2O3. The van der Waals surface area contributed by atoms with E-state index in [0.717, 1.165) is 11.1 Å². The van der Waals surface area contributed by atoms with Crippen molar-refractivity contribution >= 4 is 29.2 Å². The normalized spacial score (nSPS) is 11.7. The molecule has 0 aliphatic rings. The molecule has 0 spiro atoms. The number of anilines is 1. The van der Waals surface area contributed by atoms with E-state index in [1.54, 1.807) is 18.2 Å². The number of carbonyl (C=O) groups excluding carboxylic acids is 2. The number of esters is 1. The minimum absolute atomic E-state index is 0.0213. The van der Waals surface area contributed by atoms with Crippen LogP contribution in [0.15, 0.2) is 42.5 Å². The van der Waals surface area contributed by atoms with Gasteiger partial charge in [0.15, 0.2) is 0 Å². The van der Waals surface area contributed by atoms with Gasteiger partial charge in [0, 0.05) is 16.8 Å².